The summed E-state index contributed by atoms with van der Waals surface area (Å²) in [6, 6.07) is 9.36. The lowest BCUT2D eigenvalue weighted by molar-refractivity contribution is -0.120. The molecule has 100 valence electrons. The first-order valence-corrected chi connectivity index (χ1v) is 6.24. The average Bonchev–Trinajstić information content (AvgIpc) is 2.78. The number of nitrogen functional groups attached to an aromatic ring is 1. The SMILES string of the molecule is Cn1nccc1CCNC(=O)Cc1ccccc1N. The van der Waals surface area contributed by atoms with Crippen molar-refractivity contribution < 1.29 is 4.79 Å². The van der Waals surface area contributed by atoms with Gasteiger partial charge < -0.3 is 11.1 Å². The fourth-order valence-corrected chi connectivity index (χ4v) is 1.91. The number of aromatic nitrogens is 2. The number of nitrogens with one attached hydrogen (secondary N) is 1. The Morgan fingerprint density at radius 3 is 2.84 bits per heavy atom. The third-order valence-electron chi connectivity index (χ3n) is 3.03. The van der Waals surface area contributed by atoms with Gasteiger partial charge in [-0.15, -0.1) is 0 Å². The fourth-order valence-electron chi connectivity index (χ4n) is 1.91. The normalized spacial score (nSPS) is 10.4. The first-order valence-electron chi connectivity index (χ1n) is 6.24. The second kappa shape index (κ2) is 6.04. The van der Waals surface area contributed by atoms with Crippen LogP contribution >= 0.6 is 0 Å². The summed E-state index contributed by atoms with van der Waals surface area (Å²) in [5.41, 5.74) is 8.42. The van der Waals surface area contributed by atoms with Gasteiger partial charge in [0.15, 0.2) is 0 Å². The smallest absolute Gasteiger partial charge is 0.224 e. The van der Waals surface area contributed by atoms with Crippen molar-refractivity contribution in [2.24, 2.45) is 7.05 Å². The summed E-state index contributed by atoms with van der Waals surface area (Å²) in [6.45, 7) is 0.602. The summed E-state index contributed by atoms with van der Waals surface area (Å²) in [5, 5.41) is 6.97. The minimum absolute atomic E-state index is 0.0138. The Bertz CT molecular complexity index is 562. The quantitative estimate of drug-likeness (QED) is 0.783. The monoisotopic (exact) mass is 258 g/mol. The Kier molecular flexibility index (Phi) is 4.18. The lowest BCUT2D eigenvalue weighted by atomic mass is 10.1. The average molecular weight is 258 g/mol. The lowest BCUT2D eigenvalue weighted by Gasteiger charge is -2.07. The molecule has 0 aliphatic heterocycles. The molecule has 0 fully saturated rings. The first kappa shape index (κ1) is 13.1. The molecular weight excluding hydrogens is 240 g/mol. The van der Waals surface area contributed by atoms with Crippen LogP contribution in [0.25, 0.3) is 0 Å². The van der Waals surface area contributed by atoms with Crippen LogP contribution in [0.3, 0.4) is 0 Å². The molecule has 0 unspecified atom stereocenters. The van der Waals surface area contributed by atoms with E-state index in [1.807, 2.05) is 31.3 Å². The number of nitrogens with zero attached hydrogens (tertiary/aromatic N) is 2. The highest BCUT2D eigenvalue weighted by atomic mass is 16.1. The number of benzene rings is 1. The van der Waals surface area contributed by atoms with Gasteiger partial charge in [0.05, 0.1) is 6.42 Å². The standard InChI is InChI=1S/C14H18N4O/c1-18-12(7-9-17-18)6-8-16-14(19)10-11-4-2-3-5-13(11)15/h2-5,7,9H,6,8,10,15H2,1H3,(H,16,19). The Morgan fingerprint density at radius 2 is 2.16 bits per heavy atom. The second-order valence-corrected chi connectivity index (χ2v) is 4.42. The van der Waals surface area contributed by atoms with E-state index in [0.717, 1.165) is 17.7 Å². The zero-order chi connectivity index (χ0) is 13.7. The number of hydrogen-bond acceptors (Lipinski definition) is 3. The van der Waals surface area contributed by atoms with E-state index in [-0.39, 0.29) is 5.91 Å². The zero-order valence-electron chi connectivity index (χ0n) is 11.0. The second-order valence-electron chi connectivity index (χ2n) is 4.42. The highest BCUT2D eigenvalue weighted by Gasteiger charge is 2.06. The molecule has 1 heterocycles. The van der Waals surface area contributed by atoms with Gasteiger partial charge in [0.2, 0.25) is 5.91 Å². The van der Waals surface area contributed by atoms with Crippen LogP contribution in [0.4, 0.5) is 5.69 Å². The van der Waals surface area contributed by atoms with Crippen molar-refractivity contribution in [2.75, 3.05) is 12.3 Å². The number of carbonyl (C=O) groups excluding carboxylic acids is 1. The van der Waals surface area contributed by atoms with Gasteiger partial charge in [-0.2, -0.15) is 5.10 Å². The van der Waals surface area contributed by atoms with E-state index in [4.69, 9.17) is 5.73 Å². The van der Waals surface area contributed by atoms with Crippen LogP contribution in [0.15, 0.2) is 36.5 Å². The maximum absolute atomic E-state index is 11.8. The number of anilines is 1. The molecule has 0 bridgehead atoms. The van der Waals surface area contributed by atoms with Crippen LogP contribution in [0.2, 0.25) is 0 Å². The molecule has 5 nitrogen and oxygen atoms in total. The lowest BCUT2D eigenvalue weighted by Crippen LogP contribution is -2.27. The van der Waals surface area contributed by atoms with Crippen LogP contribution in [0.5, 0.6) is 0 Å². The number of rotatable bonds is 5. The van der Waals surface area contributed by atoms with Crippen molar-refractivity contribution in [2.45, 2.75) is 12.8 Å². The summed E-state index contributed by atoms with van der Waals surface area (Å²) in [5.74, 6) is -0.0138. The maximum Gasteiger partial charge on any atom is 0.224 e. The third-order valence-corrected chi connectivity index (χ3v) is 3.03. The molecule has 0 radical (unpaired) electrons. The molecule has 0 atom stereocenters. The molecule has 0 aliphatic rings. The van der Waals surface area contributed by atoms with E-state index in [2.05, 4.69) is 10.4 Å². The molecule has 5 heteroatoms. The first-order chi connectivity index (χ1) is 9.16. The largest absolute Gasteiger partial charge is 0.398 e. The van der Waals surface area contributed by atoms with Gasteiger partial charge in [-0.1, -0.05) is 18.2 Å². The highest BCUT2D eigenvalue weighted by molar-refractivity contribution is 5.80. The van der Waals surface area contributed by atoms with E-state index in [1.54, 1.807) is 16.9 Å². The maximum atomic E-state index is 11.8. The Morgan fingerprint density at radius 1 is 1.37 bits per heavy atom. The van der Waals surface area contributed by atoms with E-state index < -0.39 is 0 Å². The van der Waals surface area contributed by atoms with Gasteiger partial charge in [0.25, 0.3) is 0 Å². The number of aryl methyl sites for hydroxylation is 1. The summed E-state index contributed by atoms with van der Waals surface area (Å²) >= 11 is 0. The number of hydrogen-bond donors (Lipinski definition) is 2. The number of para-hydroxylation sites is 1. The van der Waals surface area contributed by atoms with E-state index >= 15 is 0 Å². The van der Waals surface area contributed by atoms with Crippen molar-refractivity contribution in [3.63, 3.8) is 0 Å². The molecule has 0 saturated heterocycles. The van der Waals surface area contributed by atoms with E-state index in [0.29, 0.717) is 18.7 Å². The zero-order valence-corrected chi connectivity index (χ0v) is 11.0. The molecule has 1 aromatic heterocycles. The molecular formula is C14H18N4O. The van der Waals surface area contributed by atoms with Crippen LogP contribution in [-0.4, -0.2) is 22.2 Å². The van der Waals surface area contributed by atoms with Gasteiger partial charge in [-0.05, 0) is 17.7 Å². The number of amides is 1. The van der Waals surface area contributed by atoms with Gasteiger partial charge in [-0.25, -0.2) is 0 Å². The van der Waals surface area contributed by atoms with Gasteiger partial charge in [-0.3, -0.25) is 9.48 Å². The molecule has 0 spiro atoms. The van der Waals surface area contributed by atoms with Crippen LogP contribution in [0.1, 0.15) is 11.3 Å². The molecule has 0 aliphatic carbocycles. The third kappa shape index (κ3) is 3.58. The molecule has 0 saturated carbocycles. The van der Waals surface area contributed by atoms with Crippen molar-refractivity contribution in [1.82, 2.24) is 15.1 Å². The fraction of sp³-hybridized carbons (Fsp3) is 0.286. The van der Waals surface area contributed by atoms with Crippen LogP contribution in [0, 0.1) is 0 Å². The topological polar surface area (TPSA) is 72.9 Å². The Labute approximate surface area is 112 Å². The van der Waals surface area contributed by atoms with E-state index in [1.165, 1.54) is 0 Å². The Balaban J connectivity index is 1.79. The highest BCUT2D eigenvalue weighted by Crippen LogP contribution is 2.10. The summed E-state index contributed by atoms with van der Waals surface area (Å²) in [7, 11) is 1.89. The van der Waals surface area contributed by atoms with Gasteiger partial charge in [0.1, 0.15) is 0 Å². The van der Waals surface area contributed by atoms with E-state index in [9.17, 15) is 4.79 Å². The molecule has 1 aromatic carbocycles. The van der Waals surface area contributed by atoms with Crippen LogP contribution in [-0.2, 0) is 24.7 Å². The predicted molar refractivity (Wildman–Crippen MR) is 74.5 cm³/mol. The number of carbonyl (C=O) groups is 1. The van der Waals surface area contributed by atoms with Crippen LogP contribution < -0.4 is 11.1 Å². The predicted octanol–water partition coefficient (Wildman–Crippen LogP) is 0.904. The molecule has 19 heavy (non-hydrogen) atoms. The van der Waals surface area contributed by atoms with Gasteiger partial charge >= 0.3 is 0 Å². The molecule has 3 N–H and O–H groups in total. The molecule has 2 rings (SSSR count). The summed E-state index contributed by atoms with van der Waals surface area (Å²) in [4.78, 5) is 11.8. The van der Waals surface area contributed by atoms with Crippen molar-refractivity contribution in [3.8, 4) is 0 Å². The minimum Gasteiger partial charge on any atom is -0.398 e. The summed E-state index contributed by atoms with van der Waals surface area (Å²) in [6.07, 6.45) is 2.84. The number of nitrogens with two attached hydrogens (primary N) is 1. The van der Waals surface area contributed by atoms with Crippen molar-refractivity contribution in [3.05, 3.63) is 47.8 Å². The van der Waals surface area contributed by atoms with Crippen molar-refractivity contribution >= 4 is 11.6 Å². The molecule has 1 amide bonds. The summed E-state index contributed by atoms with van der Waals surface area (Å²) < 4.78 is 1.81. The Hall–Kier alpha value is -2.30. The van der Waals surface area contributed by atoms with Crippen molar-refractivity contribution in [1.29, 1.82) is 0 Å². The minimum atomic E-state index is -0.0138. The molecule has 2 aromatic rings. The van der Waals surface area contributed by atoms with Gasteiger partial charge in [0, 0.05) is 37.6 Å².